The van der Waals surface area contributed by atoms with E-state index in [-0.39, 0.29) is 0 Å². The second kappa shape index (κ2) is 5.61. The summed E-state index contributed by atoms with van der Waals surface area (Å²) in [6, 6.07) is 0. The van der Waals surface area contributed by atoms with Crippen LogP contribution in [0.25, 0.3) is 0 Å². The molecule has 9 heavy (non-hydrogen) atoms. The average Bonchev–Trinajstić information content (AvgIpc) is 1.85. The van der Waals surface area contributed by atoms with Crippen LogP contribution in [0.1, 0.15) is 26.7 Å². The van der Waals surface area contributed by atoms with Crippen LogP contribution in [0.4, 0.5) is 0 Å². The Balaban J connectivity index is 3.60. The Kier molecular flexibility index (Phi) is 5.29. The fourth-order valence-electron chi connectivity index (χ4n) is 0.599. The van der Waals surface area contributed by atoms with Gasteiger partial charge >= 0.3 is 0 Å². The number of allylic oxidation sites excluding steroid dienone is 4. The summed E-state index contributed by atoms with van der Waals surface area (Å²) in [7, 11) is 0. The molecule has 0 unspecified atom stereocenters. The predicted molar refractivity (Wildman–Crippen MR) is 43.2 cm³/mol. The summed E-state index contributed by atoms with van der Waals surface area (Å²) in [5, 5.41) is 0. The summed E-state index contributed by atoms with van der Waals surface area (Å²) in [6.07, 6.45) is 8.47. The van der Waals surface area contributed by atoms with Gasteiger partial charge < -0.3 is 0 Å². The fourth-order valence-corrected chi connectivity index (χ4v) is 0.599. The zero-order chi connectivity index (χ0) is 7.11. The second-order valence-corrected chi connectivity index (χ2v) is 2.00. The Morgan fingerprint density at radius 2 is 2.00 bits per heavy atom. The molecule has 0 aliphatic carbocycles. The lowest BCUT2D eigenvalue weighted by Gasteiger charge is -1.86. The Morgan fingerprint density at radius 3 is 2.44 bits per heavy atom. The maximum absolute atomic E-state index is 3.84. The molecule has 0 saturated heterocycles. The van der Waals surface area contributed by atoms with E-state index in [0.717, 1.165) is 18.4 Å². The molecule has 0 N–H and O–H groups in total. The Bertz CT molecular complexity index is 107. The second-order valence-electron chi connectivity index (χ2n) is 2.00. The molecule has 0 nitrogen and oxygen atoms in total. The highest BCUT2D eigenvalue weighted by Gasteiger charge is 1.76. The molecule has 0 fully saturated rings. The largest absolute Gasteiger partial charge is 0.0845 e. The van der Waals surface area contributed by atoms with E-state index in [4.69, 9.17) is 0 Å². The van der Waals surface area contributed by atoms with Gasteiger partial charge in [-0.15, -0.1) is 0 Å². The topological polar surface area (TPSA) is 0 Å². The molecule has 0 aromatic carbocycles. The summed E-state index contributed by atoms with van der Waals surface area (Å²) < 4.78 is 0. The van der Waals surface area contributed by atoms with Gasteiger partial charge in [-0.1, -0.05) is 37.6 Å². The third-order valence-electron chi connectivity index (χ3n) is 1.03. The number of hydrogen-bond donors (Lipinski definition) is 0. The fraction of sp³-hybridized carbons (Fsp3) is 0.444. The first kappa shape index (κ1) is 8.48. The third-order valence-corrected chi connectivity index (χ3v) is 1.03. The van der Waals surface area contributed by atoms with E-state index in [0.29, 0.717) is 0 Å². The van der Waals surface area contributed by atoms with Crippen LogP contribution in [0.2, 0.25) is 0 Å². The molecule has 0 aliphatic heterocycles. The van der Waals surface area contributed by atoms with Crippen LogP contribution >= 0.6 is 0 Å². The third kappa shape index (κ3) is 5.35. The van der Waals surface area contributed by atoms with Crippen molar-refractivity contribution >= 4 is 0 Å². The molecule has 0 saturated carbocycles. The predicted octanol–water partition coefficient (Wildman–Crippen LogP) is 3.12. The van der Waals surface area contributed by atoms with Gasteiger partial charge in [0.2, 0.25) is 0 Å². The lowest BCUT2D eigenvalue weighted by Crippen LogP contribution is -1.66. The summed E-state index contributed by atoms with van der Waals surface area (Å²) in [5.41, 5.74) is 1.12. The highest BCUT2D eigenvalue weighted by atomic mass is 13.8. The van der Waals surface area contributed by atoms with Crippen molar-refractivity contribution in [1.82, 2.24) is 0 Å². The number of hydrogen-bond acceptors (Lipinski definition) is 0. The van der Waals surface area contributed by atoms with E-state index in [1.165, 1.54) is 0 Å². The van der Waals surface area contributed by atoms with Gasteiger partial charge in [0.1, 0.15) is 0 Å². The van der Waals surface area contributed by atoms with Crippen molar-refractivity contribution in [2.45, 2.75) is 26.7 Å². The van der Waals surface area contributed by atoms with E-state index >= 15 is 0 Å². The molecule has 0 atom stereocenters. The molecule has 0 heteroatoms. The monoisotopic (exact) mass is 123 g/mol. The SMILES string of the molecule is [CH2]C(=C/CC)/C=C/CC. The van der Waals surface area contributed by atoms with Crippen LogP contribution in [0.3, 0.4) is 0 Å². The minimum absolute atomic E-state index is 1.08. The Hall–Kier alpha value is -0.520. The molecule has 0 aromatic rings. The van der Waals surface area contributed by atoms with Gasteiger partial charge in [-0.05, 0) is 19.8 Å². The average molecular weight is 123 g/mol. The minimum atomic E-state index is 1.08. The van der Waals surface area contributed by atoms with Gasteiger partial charge in [0.15, 0.2) is 0 Å². The van der Waals surface area contributed by atoms with Crippen LogP contribution in [0.5, 0.6) is 0 Å². The molecule has 0 amide bonds. The summed E-state index contributed by atoms with van der Waals surface area (Å²) in [5.74, 6) is 0. The molecular formula is C9H15. The van der Waals surface area contributed by atoms with Crippen molar-refractivity contribution in [3.05, 3.63) is 30.7 Å². The van der Waals surface area contributed by atoms with Crippen molar-refractivity contribution in [3.63, 3.8) is 0 Å². The highest BCUT2D eigenvalue weighted by Crippen LogP contribution is 1.96. The first-order valence-corrected chi connectivity index (χ1v) is 3.49. The van der Waals surface area contributed by atoms with E-state index in [9.17, 15) is 0 Å². The molecular weight excluding hydrogens is 108 g/mol. The summed E-state index contributed by atoms with van der Waals surface area (Å²) in [6.45, 7) is 8.08. The highest BCUT2D eigenvalue weighted by molar-refractivity contribution is 5.20. The maximum atomic E-state index is 3.84. The standard InChI is InChI=1S/C9H15/c1-4-6-8-9(3)7-5-2/h6-8H,3-5H2,1-2H3/b8-6+,9-7-. The molecule has 0 bridgehead atoms. The first-order chi connectivity index (χ1) is 4.31. The van der Waals surface area contributed by atoms with Gasteiger partial charge in [-0.25, -0.2) is 0 Å². The first-order valence-electron chi connectivity index (χ1n) is 3.49. The van der Waals surface area contributed by atoms with Crippen molar-refractivity contribution in [2.24, 2.45) is 0 Å². The molecule has 0 heterocycles. The zero-order valence-corrected chi connectivity index (χ0v) is 6.35. The molecule has 0 aliphatic rings. The zero-order valence-electron chi connectivity index (χ0n) is 6.35. The number of rotatable bonds is 3. The minimum Gasteiger partial charge on any atom is -0.0845 e. The van der Waals surface area contributed by atoms with Crippen molar-refractivity contribution in [1.29, 1.82) is 0 Å². The quantitative estimate of drug-likeness (QED) is 0.506. The summed E-state index contributed by atoms with van der Waals surface area (Å²) in [4.78, 5) is 0. The normalized spacial score (nSPS) is 13.0. The van der Waals surface area contributed by atoms with Crippen LogP contribution in [0, 0.1) is 6.92 Å². The van der Waals surface area contributed by atoms with Crippen LogP contribution in [-0.4, -0.2) is 0 Å². The summed E-state index contributed by atoms with van der Waals surface area (Å²) >= 11 is 0. The van der Waals surface area contributed by atoms with Crippen molar-refractivity contribution in [3.8, 4) is 0 Å². The van der Waals surface area contributed by atoms with Gasteiger partial charge in [-0.3, -0.25) is 0 Å². The van der Waals surface area contributed by atoms with Gasteiger partial charge in [0.05, 0.1) is 0 Å². The molecule has 0 spiro atoms. The van der Waals surface area contributed by atoms with E-state index in [1.807, 2.05) is 0 Å². The van der Waals surface area contributed by atoms with Crippen molar-refractivity contribution < 1.29 is 0 Å². The smallest absolute Gasteiger partial charge is 0.0242 e. The Labute approximate surface area is 58.3 Å². The molecule has 1 radical (unpaired) electrons. The van der Waals surface area contributed by atoms with E-state index in [1.54, 1.807) is 0 Å². The lowest BCUT2D eigenvalue weighted by atomic mass is 10.2. The van der Waals surface area contributed by atoms with E-state index < -0.39 is 0 Å². The van der Waals surface area contributed by atoms with Crippen LogP contribution in [0.15, 0.2) is 23.8 Å². The van der Waals surface area contributed by atoms with Crippen molar-refractivity contribution in [2.75, 3.05) is 0 Å². The van der Waals surface area contributed by atoms with E-state index in [2.05, 4.69) is 39.0 Å². The lowest BCUT2D eigenvalue weighted by molar-refractivity contribution is 1.20. The maximum Gasteiger partial charge on any atom is -0.0242 e. The van der Waals surface area contributed by atoms with Gasteiger partial charge in [0, 0.05) is 0 Å². The van der Waals surface area contributed by atoms with Crippen LogP contribution in [-0.2, 0) is 0 Å². The molecule has 0 rings (SSSR count). The van der Waals surface area contributed by atoms with Gasteiger partial charge in [-0.2, -0.15) is 0 Å². The van der Waals surface area contributed by atoms with Crippen LogP contribution < -0.4 is 0 Å². The molecule has 51 valence electrons. The Morgan fingerprint density at radius 1 is 1.33 bits per heavy atom. The molecule has 0 aromatic heterocycles. The van der Waals surface area contributed by atoms with Gasteiger partial charge in [0.25, 0.3) is 0 Å².